The number of aromatic nitrogens is 1. The van der Waals surface area contributed by atoms with Crippen molar-refractivity contribution in [2.24, 2.45) is 5.73 Å². The topological polar surface area (TPSA) is 48.1 Å². The van der Waals surface area contributed by atoms with Gasteiger partial charge in [0.1, 0.15) is 5.75 Å². The average Bonchev–Trinajstić information content (AvgIpc) is 2.42. The second kappa shape index (κ2) is 6.37. The van der Waals surface area contributed by atoms with Gasteiger partial charge in [0.15, 0.2) is 0 Å². The molecule has 0 amide bonds. The van der Waals surface area contributed by atoms with E-state index in [-0.39, 0.29) is 0 Å². The Morgan fingerprint density at radius 2 is 2.00 bits per heavy atom. The van der Waals surface area contributed by atoms with Gasteiger partial charge in [-0.05, 0) is 42.2 Å². The van der Waals surface area contributed by atoms with Crippen LogP contribution in [0.5, 0.6) is 11.6 Å². The minimum atomic E-state index is 0.340. The second-order valence-corrected chi connectivity index (χ2v) is 6.02. The zero-order valence-corrected chi connectivity index (χ0v) is 13.6. The summed E-state index contributed by atoms with van der Waals surface area (Å²) < 4.78 is 6.91. The first-order chi connectivity index (χ1) is 9.49. The van der Waals surface area contributed by atoms with E-state index in [0.717, 1.165) is 27.0 Å². The van der Waals surface area contributed by atoms with Crippen LogP contribution in [-0.4, -0.2) is 4.98 Å². The SMILES string of the molecule is Cc1ccc(Br)cc1Oc1cc(CN)cc(C(C)C)n1. The number of hydrogen-bond donors (Lipinski definition) is 1. The summed E-state index contributed by atoms with van der Waals surface area (Å²) in [6, 6.07) is 9.87. The Balaban J connectivity index is 2.37. The molecule has 0 aliphatic heterocycles. The first-order valence-corrected chi connectivity index (χ1v) is 7.44. The third-order valence-corrected chi connectivity index (χ3v) is 3.57. The van der Waals surface area contributed by atoms with Crippen molar-refractivity contribution in [3.8, 4) is 11.6 Å². The molecule has 1 aromatic heterocycles. The molecule has 2 aromatic rings. The van der Waals surface area contributed by atoms with Crippen molar-refractivity contribution in [1.82, 2.24) is 4.98 Å². The van der Waals surface area contributed by atoms with Gasteiger partial charge in [0.25, 0.3) is 0 Å². The molecule has 0 atom stereocenters. The Labute approximate surface area is 128 Å². The molecule has 2 N–H and O–H groups in total. The van der Waals surface area contributed by atoms with Gasteiger partial charge in [0.2, 0.25) is 5.88 Å². The normalized spacial score (nSPS) is 10.9. The molecule has 2 rings (SSSR count). The molecule has 0 bridgehead atoms. The van der Waals surface area contributed by atoms with Crippen LogP contribution in [0, 0.1) is 6.92 Å². The lowest BCUT2D eigenvalue weighted by Crippen LogP contribution is -2.02. The Hall–Kier alpha value is -1.39. The van der Waals surface area contributed by atoms with Gasteiger partial charge in [0, 0.05) is 22.8 Å². The zero-order valence-electron chi connectivity index (χ0n) is 12.0. The van der Waals surface area contributed by atoms with E-state index in [4.69, 9.17) is 10.5 Å². The highest BCUT2D eigenvalue weighted by Crippen LogP contribution is 2.28. The number of hydrogen-bond acceptors (Lipinski definition) is 3. The van der Waals surface area contributed by atoms with Gasteiger partial charge in [-0.25, -0.2) is 4.98 Å². The minimum absolute atomic E-state index is 0.340. The van der Waals surface area contributed by atoms with Crippen molar-refractivity contribution in [2.45, 2.75) is 33.2 Å². The molecule has 0 fully saturated rings. The van der Waals surface area contributed by atoms with E-state index >= 15 is 0 Å². The van der Waals surface area contributed by atoms with Gasteiger partial charge in [-0.3, -0.25) is 0 Å². The molecule has 0 aliphatic carbocycles. The van der Waals surface area contributed by atoms with Crippen molar-refractivity contribution < 1.29 is 4.74 Å². The van der Waals surface area contributed by atoms with Crippen molar-refractivity contribution in [3.63, 3.8) is 0 Å². The molecule has 0 unspecified atom stereocenters. The summed E-state index contributed by atoms with van der Waals surface area (Å²) in [5.74, 6) is 1.74. The highest BCUT2D eigenvalue weighted by Gasteiger charge is 2.09. The Morgan fingerprint density at radius 1 is 1.25 bits per heavy atom. The van der Waals surface area contributed by atoms with Crippen LogP contribution in [0.1, 0.15) is 36.6 Å². The third kappa shape index (κ3) is 3.58. The van der Waals surface area contributed by atoms with E-state index in [1.807, 2.05) is 37.3 Å². The van der Waals surface area contributed by atoms with Crippen LogP contribution < -0.4 is 10.5 Å². The number of ether oxygens (including phenoxy) is 1. The average molecular weight is 335 g/mol. The van der Waals surface area contributed by atoms with Crippen LogP contribution in [-0.2, 0) is 6.54 Å². The van der Waals surface area contributed by atoms with Gasteiger partial charge in [-0.1, -0.05) is 35.8 Å². The van der Waals surface area contributed by atoms with E-state index in [1.165, 1.54) is 0 Å². The smallest absolute Gasteiger partial charge is 0.219 e. The molecule has 106 valence electrons. The molecule has 0 spiro atoms. The molecule has 0 aliphatic rings. The molecule has 0 saturated heterocycles. The Bertz CT molecular complexity index is 611. The molecule has 3 nitrogen and oxygen atoms in total. The first kappa shape index (κ1) is 15.0. The first-order valence-electron chi connectivity index (χ1n) is 6.64. The number of halogens is 1. The molecule has 1 aromatic carbocycles. The predicted molar refractivity (Wildman–Crippen MR) is 85.2 cm³/mol. The molecule has 0 radical (unpaired) electrons. The van der Waals surface area contributed by atoms with E-state index in [9.17, 15) is 0 Å². The van der Waals surface area contributed by atoms with Gasteiger partial charge in [-0.2, -0.15) is 0 Å². The number of nitrogens with zero attached hydrogens (tertiary/aromatic N) is 1. The number of rotatable bonds is 4. The highest BCUT2D eigenvalue weighted by atomic mass is 79.9. The molecule has 0 saturated carbocycles. The van der Waals surface area contributed by atoms with Gasteiger partial charge >= 0.3 is 0 Å². The van der Waals surface area contributed by atoms with E-state index in [0.29, 0.717) is 18.3 Å². The lowest BCUT2D eigenvalue weighted by molar-refractivity contribution is 0.455. The quantitative estimate of drug-likeness (QED) is 0.893. The van der Waals surface area contributed by atoms with E-state index in [2.05, 4.69) is 34.8 Å². The van der Waals surface area contributed by atoms with E-state index < -0.39 is 0 Å². The molecular weight excluding hydrogens is 316 g/mol. The van der Waals surface area contributed by atoms with Gasteiger partial charge < -0.3 is 10.5 Å². The summed E-state index contributed by atoms with van der Waals surface area (Å²) in [7, 11) is 0. The van der Waals surface area contributed by atoms with Crippen LogP contribution >= 0.6 is 15.9 Å². The number of nitrogens with two attached hydrogens (primary N) is 1. The van der Waals surface area contributed by atoms with Crippen LogP contribution in [0.15, 0.2) is 34.8 Å². The second-order valence-electron chi connectivity index (χ2n) is 5.11. The van der Waals surface area contributed by atoms with Crippen molar-refractivity contribution in [1.29, 1.82) is 0 Å². The molecule has 20 heavy (non-hydrogen) atoms. The fourth-order valence-electron chi connectivity index (χ4n) is 1.84. The maximum absolute atomic E-state index is 5.93. The fraction of sp³-hybridized carbons (Fsp3) is 0.312. The van der Waals surface area contributed by atoms with Gasteiger partial charge in [-0.15, -0.1) is 0 Å². The maximum Gasteiger partial charge on any atom is 0.219 e. The fourth-order valence-corrected chi connectivity index (χ4v) is 2.18. The van der Waals surface area contributed by atoms with Crippen LogP contribution in [0.3, 0.4) is 0 Å². The molecule has 4 heteroatoms. The molecular formula is C16H19BrN2O. The molecule has 1 heterocycles. The largest absolute Gasteiger partial charge is 0.439 e. The summed E-state index contributed by atoms with van der Waals surface area (Å²) in [5.41, 5.74) is 8.84. The number of aryl methyl sites for hydroxylation is 1. The van der Waals surface area contributed by atoms with Crippen molar-refractivity contribution in [3.05, 3.63) is 51.6 Å². The minimum Gasteiger partial charge on any atom is -0.439 e. The van der Waals surface area contributed by atoms with Crippen LogP contribution in [0.4, 0.5) is 0 Å². The van der Waals surface area contributed by atoms with Gasteiger partial charge in [0.05, 0.1) is 0 Å². The Kier molecular flexibility index (Phi) is 4.78. The monoisotopic (exact) mass is 334 g/mol. The summed E-state index contributed by atoms with van der Waals surface area (Å²) in [6.07, 6.45) is 0. The predicted octanol–water partition coefficient (Wildman–Crippen LogP) is 4.53. The summed E-state index contributed by atoms with van der Waals surface area (Å²) >= 11 is 3.46. The Morgan fingerprint density at radius 3 is 2.65 bits per heavy atom. The third-order valence-electron chi connectivity index (χ3n) is 3.07. The van der Waals surface area contributed by atoms with E-state index in [1.54, 1.807) is 0 Å². The van der Waals surface area contributed by atoms with Crippen LogP contribution in [0.2, 0.25) is 0 Å². The summed E-state index contributed by atoms with van der Waals surface area (Å²) in [4.78, 5) is 4.55. The summed E-state index contributed by atoms with van der Waals surface area (Å²) in [5, 5.41) is 0. The highest BCUT2D eigenvalue weighted by molar-refractivity contribution is 9.10. The van der Waals surface area contributed by atoms with Crippen molar-refractivity contribution >= 4 is 15.9 Å². The number of pyridine rings is 1. The van der Waals surface area contributed by atoms with Crippen LogP contribution in [0.25, 0.3) is 0 Å². The summed E-state index contributed by atoms with van der Waals surface area (Å²) in [6.45, 7) is 6.71. The lowest BCUT2D eigenvalue weighted by atomic mass is 10.1. The van der Waals surface area contributed by atoms with Crippen molar-refractivity contribution in [2.75, 3.05) is 0 Å². The number of benzene rings is 1. The maximum atomic E-state index is 5.93. The lowest BCUT2D eigenvalue weighted by Gasteiger charge is -2.12. The zero-order chi connectivity index (χ0) is 14.7. The standard InChI is InChI=1S/C16H19BrN2O/c1-10(2)14-6-12(9-18)7-16(19-14)20-15-8-13(17)5-4-11(15)3/h4-8,10H,9,18H2,1-3H3.